The number of hydrogen-bond donors (Lipinski definition) is 2. The minimum absolute atomic E-state index is 0.166. The van der Waals surface area contributed by atoms with Gasteiger partial charge in [0, 0.05) is 23.2 Å². The van der Waals surface area contributed by atoms with Crippen molar-refractivity contribution in [3.63, 3.8) is 0 Å². The maximum absolute atomic E-state index is 9.92. The predicted octanol–water partition coefficient (Wildman–Crippen LogP) is 2.74. The Morgan fingerprint density at radius 1 is 1.39 bits per heavy atom. The average molecular weight is 270 g/mol. The van der Waals surface area contributed by atoms with Gasteiger partial charge >= 0.3 is 0 Å². The van der Waals surface area contributed by atoms with Crippen LogP contribution in [0.3, 0.4) is 0 Å². The van der Waals surface area contributed by atoms with Crippen LogP contribution in [0.5, 0.6) is 5.75 Å². The van der Waals surface area contributed by atoms with Gasteiger partial charge in [0.25, 0.3) is 0 Å². The third kappa shape index (κ3) is 3.16. The highest BCUT2D eigenvalue weighted by molar-refractivity contribution is 6.31. The maximum Gasteiger partial charge on any atom is 0.124 e. The van der Waals surface area contributed by atoms with Gasteiger partial charge in [-0.2, -0.15) is 0 Å². The van der Waals surface area contributed by atoms with Crippen molar-refractivity contribution in [3.8, 4) is 5.75 Å². The zero-order valence-electron chi connectivity index (χ0n) is 10.7. The summed E-state index contributed by atoms with van der Waals surface area (Å²) in [4.78, 5) is 0. The molecule has 3 nitrogen and oxygen atoms in total. The average Bonchev–Trinajstić information content (AvgIpc) is 2.39. The van der Waals surface area contributed by atoms with Crippen molar-refractivity contribution in [2.45, 2.75) is 44.4 Å². The summed E-state index contributed by atoms with van der Waals surface area (Å²) in [5, 5.41) is 14.0. The predicted molar refractivity (Wildman–Crippen MR) is 73.1 cm³/mol. The molecular formula is C14H20ClNO2. The molecule has 1 aliphatic rings. The highest BCUT2D eigenvalue weighted by Crippen LogP contribution is 2.27. The molecular weight excluding hydrogens is 250 g/mol. The Morgan fingerprint density at radius 3 is 2.89 bits per heavy atom. The Labute approximate surface area is 113 Å². The number of aliphatic hydroxyl groups is 1. The van der Waals surface area contributed by atoms with Crippen molar-refractivity contribution in [1.29, 1.82) is 0 Å². The largest absolute Gasteiger partial charge is 0.496 e. The van der Waals surface area contributed by atoms with Gasteiger partial charge in [0.1, 0.15) is 5.75 Å². The molecule has 0 aliphatic heterocycles. The fourth-order valence-electron chi connectivity index (χ4n) is 2.48. The highest BCUT2D eigenvalue weighted by Gasteiger charge is 2.22. The molecule has 0 bridgehead atoms. The van der Waals surface area contributed by atoms with E-state index in [0.717, 1.165) is 30.6 Å². The minimum Gasteiger partial charge on any atom is -0.496 e. The quantitative estimate of drug-likeness (QED) is 0.883. The summed E-state index contributed by atoms with van der Waals surface area (Å²) in [7, 11) is 1.64. The van der Waals surface area contributed by atoms with Crippen LogP contribution in [0.1, 0.15) is 31.2 Å². The van der Waals surface area contributed by atoms with Crippen molar-refractivity contribution in [3.05, 3.63) is 28.8 Å². The Hall–Kier alpha value is -0.770. The smallest absolute Gasteiger partial charge is 0.124 e. The summed E-state index contributed by atoms with van der Waals surface area (Å²) in [5.41, 5.74) is 0.958. The lowest BCUT2D eigenvalue weighted by Gasteiger charge is -2.28. The molecule has 0 spiro atoms. The van der Waals surface area contributed by atoms with Gasteiger partial charge in [0.05, 0.1) is 13.2 Å². The molecule has 0 heterocycles. The van der Waals surface area contributed by atoms with Gasteiger partial charge in [-0.25, -0.2) is 0 Å². The van der Waals surface area contributed by atoms with Crippen molar-refractivity contribution in [2.24, 2.45) is 0 Å². The SMILES string of the molecule is COc1cccc(Cl)c1CNC1CCCCC1O. The van der Waals surface area contributed by atoms with E-state index in [2.05, 4.69) is 5.32 Å². The van der Waals surface area contributed by atoms with Crippen molar-refractivity contribution < 1.29 is 9.84 Å². The topological polar surface area (TPSA) is 41.5 Å². The van der Waals surface area contributed by atoms with Crippen molar-refractivity contribution in [1.82, 2.24) is 5.32 Å². The summed E-state index contributed by atoms with van der Waals surface area (Å²) in [5.74, 6) is 0.792. The first-order valence-corrected chi connectivity index (χ1v) is 6.83. The van der Waals surface area contributed by atoms with E-state index in [0.29, 0.717) is 11.6 Å². The van der Waals surface area contributed by atoms with Crippen LogP contribution in [0.15, 0.2) is 18.2 Å². The molecule has 1 saturated carbocycles. The lowest BCUT2D eigenvalue weighted by Crippen LogP contribution is -2.41. The van der Waals surface area contributed by atoms with Crippen LogP contribution in [0.25, 0.3) is 0 Å². The number of hydrogen-bond acceptors (Lipinski definition) is 3. The first-order chi connectivity index (χ1) is 8.72. The molecule has 2 unspecified atom stereocenters. The zero-order chi connectivity index (χ0) is 13.0. The molecule has 0 aromatic heterocycles. The summed E-state index contributed by atoms with van der Waals surface area (Å²) in [6.07, 6.45) is 3.96. The Balaban J connectivity index is 2.01. The second-order valence-electron chi connectivity index (χ2n) is 4.76. The molecule has 0 amide bonds. The summed E-state index contributed by atoms with van der Waals surface area (Å²) in [6.45, 7) is 0.630. The zero-order valence-corrected chi connectivity index (χ0v) is 11.4. The number of benzene rings is 1. The number of rotatable bonds is 4. The summed E-state index contributed by atoms with van der Waals surface area (Å²) < 4.78 is 5.31. The number of halogens is 1. The number of nitrogens with one attached hydrogen (secondary N) is 1. The molecule has 1 aromatic carbocycles. The first kappa shape index (κ1) is 13.7. The van der Waals surface area contributed by atoms with Crippen LogP contribution in [-0.2, 0) is 6.54 Å². The molecule has 1 fully saturated rings. The fraction of sp³-hybridized carbons (Fsp3) is 0.571. The van der Waals surface area contributed by atoms with Crippen LogP contribution >= 0.6 is 11.6 Å². The minimum atomic E-state index is -0.243. The molecule has 100 valence electrons. The fourth-order valence-corrected chi connectivity index (χ4v) is 2.72. The normalized spacial score (nSPS) is 23.9. The first-order valence-electron chi connectivity index (χ1n) is 6.45. The van der Waals surface area contributed by atoms with Gasteiger partial charge in [-0.3, -0.25) is 0 Å². The van der Waals surface area contributed by atoms with Gasteiger partial charge < -0.3 is 15.2 Å². The van der Waals surface area contributed by atoms with Crippen LogP contribution in [-0.4, -0.2) is 24.4 Å². The van der Waals surface area contributed by atoms with Crippen LogP contribution < -0.4 is 10.1 Å². The molecule has 1 aromatic rings. The Morgan fingerprint density at radius 2 is 2.17 bits per heavy atom. The lowest BCUT2D eigenvalue weighted by atomic mass is 9.92. The van der Waals surface area contributed by atoms with Crippen molar-refractivity contribution >= 4 is 11.6 Å². The Kier molecular flexibility index (Phi) is 4.87. The van der Waals surface area contributed by atoms with Gasteiger partial charge in [-0.05, 0) is 25.0 Å². The van der Waals surface area contributed by atoms with E-state index in [9.17, 15) is 5.11 Å². The molecule has 0 saturated heterocycles. The lowest BCUT2D eigenvalue weighted by molar-refractivity contribution is 0.0901. The third-order valence-corrected chi connectivity index (χ3v) is 3.92. The van der Waals surface area contributed by atoms with E-state index in [1.165, 1.54) is 6.42 Å². The van der Waals surface area contributed by atoms with E-state index in [1.807, 2.05) is 18.2 Å². The van der Waals surface area contributed by atoms with Crippen LogP contribution in [0.4, 0.5) is 0 Å². The summed E-state index contributed by atoms with van der Waals surface area (Å²) >= 11 is 6.18. The second-order valence-corrected chi connectivity index (χ2v) is 5.17. The highest BCUT2D eigenvalue weighted by atomic mass is 35.5. The van der Waals surface area contributed by atoms with Gasteiger partial charge in [0.15, 0.2) is 0 Å². The van der Waals surface area contributed by atoms with Gasteiger partial charge in [-0.1, -0.05) is 30.5 Å². The van der Waals surface area contributed by atoms with Crippen molar-refractivity contribution in [2.75, 3.05) is 7.11 Å². The molecule has 4 heteroatoms. The van der Waals surface area contributed by atoms with Crippen LogP contribution in [0, 0.1) is 0 Å². The molecule has 18 heavy (non-hydrogen) atoms. The monoisotopic (exact) mass is 269 g/mol. The van der Waals surface area contributed by atoms with E-state index in [4.69, 9.17) is 16.3 Å². The maximum atomic E-state index is 9.92. The van der Waals surface area contributed by atoms with Gasteiger partial charge in [0.2, 0.25) is 0 Å². The van der Waals surface area contributed by atoms with E-state index in [1.54, 1.807) is 7.11 Å². The van der Waals surface area contributed by atoms with Gasteiger partial charge in [-0.15, -0.1) is 0 Å². The van der Waals surface area contributed by atoms with E-state index < -0.39 is 0 Å². The second kappa shape index (κ2) is 6.41. The third-order valence-electron chi connectivity index (χ3n) is 3.57. The number of ether oxygens (including phenoxy) is 1. The number of methoxy groups -OCH3 is 1. The molecule has 2 atom stereocenters. The molecule has 2 rings (SSSR count). The van der Waals surface area contributed by atoms with Crippen LogP contribution in [0.2, 0.25) is 5.02 Å². The standard InChI is InChI=1S/C14H20ClNO2/c1-18-14-8-4-5-11(15)10(14)9-16-12-6-2-3-7-13(12)17/h4-5,8,12-13,16-17H,2-3,6-7,9H2,1H3. The summed E-state index contributed by atoms with van der Waals surface area (Å²) in [6, 6.07) is 5.80. The molecule has 2 N–H and O–H groups in total. The molecule has 1 aliphatic carbocycles. The number of aliphatic hydroxyl groups excluding tert-OH is 1. The van der Waals surface area contributed by atoms with E-state index in [-0.39, 0.29) is 12.1 Å². The molecule has 0 radical (unpaired) electrons. The Bertz CT molecular complexity index is 397. The van der Waals surface area contributed by atoms with E-state index >= 15 is 0 Å².